The highest BCUT2D eigenvalue weighted by Gasteiger charge is 2.43. The predicted molar refractivity (Wildman–Crippen MR) is 71.6 cm³/mol. The second-order valence-corrected chi connectivity index (χ2v) is 6.71. The Bertz CT molecular complexity index is 341. The van der Waals surface area contributed by atoms with Crippen LogP contribution in [0.2, 0.25) is 0 Å². The minimum absolute atomic E-state index is 0.0533. The van der Waals surface area contributed by atoms with Crippen LogP contribution in [0.1, 0.15) is 38.5 Å². The number of hydrogen-bond acceptors (Lipinski definition) is 3. The maximum absolute atomic E-state index is 12.1. The van der Waals surface area contributed by atoms with E-state index in [2.05, 4.69) is 11.6 Å². The van der Waals surface area contributed by atoms with E-state index >= 15 is 0 Å². The summed E-state index contributed by atoms with van der Waals surface area (Å²) < 4.78 is 0.239. The van der Waals surface area contributed by atoms with Gasteiger partial charge in [0.05, 0.1) is 11.8 Å². The Morgan fingerprint density at radius 3 is 2.39 bits per heavy atom. The fourth-order valence-electron chi connectivity index (χ4n) is 2.71. The molecule has 4 nitrogen and oxygen atoms in total. The van der Waals surface area contributed by atoms with Crippen molar-refractivity contribution >= 4 is 23.6 Å². The van der Waals surface area contributed by atoms with Crippen molar-refractivity contribution in [3.8, 4) is 0 Å². The van der Waals surface area contributed by atoms with Crippen LogP contribution in [0.25, 0.3) is 0 Å². The molecular formula is C13H21NO3S. The summed E-state index contributed by atoms with van der Waals surface area (Å²) in [5.74, 6) is -1.68. The number of rotatable bonds is 5. The van der Waals surface area contributed by atoms with Crippen LogP contribution in [0.3, 0.4) is 0 Å². The summed E-state index contributed by atoms with van der Waals surface area (Å²) in [4.78, 5) is 23.3. The van der Waals surface area contributed by atoms with Gasteiger partial charge in [-0.1, -0.05) is 12.8 Å². The molecule has 0 aromatic carbocycles. The SMILES string of the molecule is CSC1(CNC(=O)[C@@H]2CCCC[C@@H]2C(=O)O)CC1. The minimum Gasteiger partial charge on any atom is -0.481 e. The van der Waals surface area contributed by atoms with Gasteiger partial charge in [0.2, 0.25) is 5.91 Å². The van der Waals surface area contributed by atoms with Crippen molar-refractivity contribution in [3.63, 3.8) is 0 Å². The maximum Gasteiger partial charge on any atom is 0.307 e. The van der Waals surface area contributed by atoms with E-state index < -0.39 is 11.9 Å². The van der Waals surface area contributed by atoms with Crippen molar-refractivity contribution in [1.82, 2.24) is 5.32 Å². The van der Waals surface area contributed by atoms with Crippen LogP contribution in [-0.4, -0.2) is 34.5 Å². The number of hydrogen-bond donors (Lipinski definition) is 2. The first-order valence-electron chi connectivity index (χ1n) is 6.64. The first-order chi connectivity index (χ1) is 8.58. The van der Waals surface area contributed by atoms with Crippen LogP contribution in [-0.2, 0) is 9.59 Å². The molecule has 2 atom stereocenters. The molecule has 18 heavy (non-hydrogen) atoms. The zero-order valence-corrected chi connectivity index (χ0v) is 11.6. The Balaban J connectivity index is 1.88. The van der Waals surface area contributed by atoms with Gasteiger partial charge in [0.1, 0.15) is 0 Å². The summed E-state index contributed by atoms with van der Waals surface area (Å²) in [6.07, 6.45) is 7.63. The van der Waals surface area contributed by atoms with Crippen LogP contribution < -0.4 is 5.32 Å². The van der Waals surface area contributed by atoms with E-state index in [-0.39, 0.29) is 16.6 Å². The molecule has 2 saturated carbocycles. The number of carbonyl (C=O) groups is 2. The monoisotopic (exact) mass is 271 g/mol. The zero-order valence-electron chi connectivity index (χ0n) is 10.8. The molecule has 2 rings (SSSR count). The van der Waals surface area contributed by atoms with Gasteiger partial charge in [0, 0.05) is 11.3 Å². The highest BCUT2D eigenvalue weighted by Crippen LogP contribution is 2.46. The summed E-state index contributed by atoms with van der Waals surface area (Å²) in [5, 5.41) is 12.1. The van der Waals surface area contributed by atoms with Gasteiger partial charge < -0.3 is 10.4 Å². The lowest BCUT2D eigenvalue weighted by molar-refractivity contribution is -0.148. The number of carbonyl (C=O) groups excluding carboxylic acids is 1. The van der Waals surface area contributed by atoms with Crippen molar-refractivity contribution in [2.45, 2.75) is 43.3 Å². The van der Waals surface area contributed by atoms with Gasteiger partial charge in [-0.05, 0) is 31.9 Å². The number of nitrogens with one attached hydrogen (secondary N) is 1. The van der Waals surface area contributed by atoms with Crippen molar-refractivity contribution in [2.24, 2.45) is 11.8 Å². The van der Waals surface area contributed by atoms with Gasteiger partial charge in [-0.15, -0.1) is 0 Å². The van der Waals surface area contributed by atoms with Gasteiger partial charge in [-0.2, -0.15) is 11.8 Å². The lowest BCUT2D eigenvalue weighted by Crippen LogP contribution is -2.42. The molecule has 2 N–H and O–H groups in total. The lowest BCUT2D eigenvalue weighted by Gasteiger charge is -2.28. The van der Waals surface area contributed by atoms with Crippen molar-refractivity contribution in [2.75, 3.05) is 12.8 Å². The third-order valence-electron chi connectivity index (χ3n) is 4.25. The average Bonchev–Trinajstić information content (AvgIpc) is 3.16. The van der Waals surface area contributed by atoms with E-state index in [9.17, 15) is 9.59 Å². The quantitative estimate of drug-likeness (QED) is 0.801. The number of carboxylic acid groups (broad SMARTS) is 1. The third-order valence-corrected chi connectivity index (χ3v) is 5.66. The van der Waals surface area contributed by atoms with Crippen molar-refractivity contribution < 1.29 is 14.7 Å². The van der Waals surface area contributed by atoms with E-state index in [1.807, 2.05) is 0 Å². The second-order valence-electron chi connectivity index (χ2n) is 5.44. The van der Waals surface area contributed by atoms with E-state index in [0.717, 1.165) is 32.1 Å². The number of carboxylic acids is 1. The first-order valence-corrected chi connectivity index (χ1v) is 7.86. The third kappa shape index (κ3) is 2.99. The first kappa shape index (κ1) is 13.7. The summed E-state index contributed by atoms with van der Waals surface area (Å²) in [5.41, 5.74) is 0. The molecule has 0 heterocycles. The van der Waals surface area contributed by atoms with Crippen LogP contribution in [0.4, 0.5) is 0 Å². The maximum atomic E-state index is 12.1. The smallest absolute Gasteiger partial charge is 0.307 e. The molecule has 1 amide bonds. The number of aliphatic carboxylic acids is 1. The topological polar surface area (TPSA) is 66.4 Å². The Hall–Kier alpha value is -0.710. The number of amides is 1. The normalized spacial score (nSPS) is 29.6. The molecule has 0 unspecified atom stereocenters. The summed E-state index contributed by atoms with van der Waals surface area (Å²) in [6.45, 7) is 0.690. The van der Waals surface area contributed by atoms with E-state index in [4.69, 9.17) is 5.11 Å². The molecule has 2 aliphatic rings. The molecular weight excluding hydrogens is 250 g/mol. The Kier molecular flexibility index (Phi) is 4.20. The molecule has 0 aromatic rings. The molecule has 5 heteroatoms. The Morgan fingerprint density at radius 2 is 1.89 bits per heavy atom. The van der Waals surface area contributed by atoms with Gasteiger partial charge in [-0.25, -0.2) is 0 Å². The van der Waals surface area contributed by atoms with Crippen LogP contribution in [0.5, 0.6) is 0 Å². The van der Waals surface area contributed by atoms with Gasteiger partial charge in [-0.3, -0.25) is 9.59 Å². The molecule has 2 aliphatic carbocycles. The van der Waals surface area contributed by atoms with E-state index in [1.165, 1.54) is 0 Å². The van der Waals surface area contributed by atoms with Crippen LogP contribution >= 0.6 is 11.8 Å². The fraction of sp³-hybridized carbons (Fsp3) is 0.846. The fourth-order valence-corrected chi connectivity index (χ4v) is 3.44. The highest BCUT2D eigenvalue weighted by atomic mass is 32.2. The Labute approximate surface area is 112 Å². The minimum atomic E-state index is -0.819. The standard InChI is InChI=1S/C13H21NO3S/c1-18-13(6-7-13)8-14-11(15)9-4-2-3-5-10(9)12(16)17/h9-10H,2-8H2,1H3,(H,14,15)(H,16,17)/t9-,10+/m1/s1. The zero-order chi connectivity index (χ0) is 13.2. The second kappa shape index (κ2) is 5.51. The molecule has 0 aliphatic heterocycles. The van der Waals surface area contributed by atoms with Crippen molar-refractivity contribution in [3.05, 3.63) is 0 Å². The van der Waals surface area contributed by atoms with Gasteiger partial charge >= 0.3 is 5.97 Å². The molecule has 0 bridgehead atoms. The summed E-state index contributed by atoms with van der Waals surface area (Å²) in [7, 11) is 0. The highest BCUT2D eigenvalue weighted by molar-refractivity contribution is 8.00. The average molecular weight is 271 g/mol. The van der Waals surface area contributed by atoms with Crippen LogP contribution in [0, 0.1) is 11.8 Å². The van der Waals surface area contributed by atoms with E-state index in [1.54, 1.807) is 11.8 Å². The largest absolute Gasteiger partial charge is 0.481 e. The summed E-state index contributed by atoms with van der Waals surface area (Å²) in [6, 6.07) is 0. The Morgan fingerprint density at radius 1 is 1.28 bits per heavy atom. The predicted octanol–water partition coefficient (Wildman–Crippen LogP) is 1.89. The van der Waals surface area contributed by atoms with Crippen LogP contribution in [0.15, 0.2) is 0 Å². The molecule has 0 aromatic heterocycles. The number of thioether (sulfide) groups is 1. The van der Waals surface area contributed by atoms with Crippen molar-refractivity contribution in [1.29, 1.82) is 0 Å². The molecule has 0 saturated heterocycles. The summed E-state index contributed by atoms with van der Waals surface area (Å²) >= 11 is 1.80. The molecule has 0 spiro atoms. The van der Waals surface area contributed by atoms with Gasteiger partial charge in [0.25, 0.3) is 0 Å². The van der Waals surface area contributed by atoms with E-state index in [0.29, 0.717) is 13.0 Å². The molecule has 2 fully saturated rings. The molecule has 0 radical (unpaired) electrons. The lowest BCUT2D eigenvalue weighted by atomic mass is 9.78. The molecule has 102 valence electrons. The van der Waals surface area contributed by atoms with Gasteiger partial charge in [0.15, 0.2) is 0 Å².